The molecule has 0 amide bonds. The number of hydrogen-bond donors (Lipinski definition) is 0. The summed E-state index contributed by atoms with van der Waals surface area (Å²) in [5, 5.41) is 4.29. The third-order valence-corrected chi connectivity index (χ3v) is 4.31. The fraction of sp³-hybridized carbons (Fsp3) is 0.0952. The van der Waals surface area contributed by atoms with Gasteiger partial charge in [-0.25, -0.2) is 14.3 Å². The molecule has 0 saturated carbocycles. The van der Waals surface area contributed by atoms with Gasteiger partial charge in [0.05, 0.1) is 19.0 Å². The lowest BCUT2D eigenvalue weighted by atomic mass is 10.1. The molecule has 0 N–H and O–H groups in total. The van der Waals surface area contributed by atoms with Crippen LogP contribution in [0.15, 0.2) is 66.9 Å². The number of halogens is 2. The molecule has 146 valence electrons. The summed E-state index contributed by atoms with van der Waals surface area (Å²) in [5.74, 6) is -0.600. The molecule has 0 saturated heterocycles. The predicted molar refractivity (Wildman–Crippen MR) is 102 cm³/mol. The highest BCUT2D eigenvalue weighted by atomic mass is 19.3. The number of carbonyl (C=O) groups excluding carboxylic acids is 1. The second kappa shape index (κ2) is 7.67. The fourth-order valence-electron chi connectivity index (χ4n) is 3.01. The van der Waals surface area contributed by atoms with E-state index >= 15 is 0 Å². The van der Waals surface area contributed by atoms with Crippen LogP contribution in [0, 0.1) is 0 Å². The Morgan fingerprint density at radius 2 is 1.79 bits per heavy atom. The van der Waals surface area contributed by atoms with Gasteiger partial charge in [-0.05, 0) is 23.8 Å². The molecular weight excluding hydrogens is 380 g/mol. The smallest absolute Gasteiger partial charge is 0.387 e. The first-order chi connectivity index (χ1) is 14.1. The molecule has 4 aromatic rings. The summed E-state index contributed by atoms with van der Waals surface area (Å²) in [5.41, 5.74) is 3.10. The summed E-state index contributed by atoms with van der Waals surface area (Å²) in [4.78, 5) is 17.0. The lowest BCUT2D eigenvalue weighted by Crippen LogP contribution is -2.10. The molecule has 29 heavy (non-hydrogen) atoms. The van der Waals surface area contributed by atoms with Crippen molar-refractivity contribution in [3.8, 4) is 28.1 Å². The maximum absolute atomic E-state index is 12.6. The van der Waals surface area contributed by atoms with Crippen molar-refractivity contribution in [2.75, 3.05) is 7.11 Å². The van der Waals surface area contributed by atoms with E-state index in [-0.39, 0.29) is 11.4 Å². The SMILES string of the molecule is COC(=O)c1cc(-c2cccc(OC(F)F)c2)nc2c(-c3ccccc3)cnn12. The first-order valence-electron chi connectivity index (χ1n) is 8.64. The monoisotopic (exact) mass is 395 g/mol. The van der Waals surface area contributed by atoms with Gasteiger partial charge in [0.2, 0.25) is 0 Å². The maximum Gasteiger partial charge on any atom is 0.387 e. The fourth-order valence-corrected chi connectivity index (χ4v) is 3.01. The number of benzene rings is 2. The number of methoxy groups -OCH3 is 1. The minimum Gasteiger partial charge on any atom is -0.464 e. The summed E-state index contributed by atoms with van der Waals surface area (Å²) < 4.78 is 35.9. The van der Waals surface area contributed by atoms with Gasteiger partial charge in [0.1, 0.15) is 5.75 Å². The molecule has 0 spiro atoms. The molecular formula is C21H15F2N3O3. The van der Waals surface area contributed by atoms with Crippen LogP contribution in [0.5, 0.6) is 5.75 Å². The average Bonchev–Trinajstić information content (AvgIpc) is 3.17. The van der Waals surface area contributed by atoms with Crippen LogP contribution in [-0.4, -0.2) is 34.3 Å². The molecule has 2 aromatic heterocycles. The number of nitrogens with zero attached hydrogens (tertiary/aromatic N) is 3. The van der Waals surface area contributed by atoms with Crippen LogP contribution in [0.4, 0.5) is 8.78 Å². The van der Waals surface area contributed by atoms with Gasteiger partial charge in [0, 0.05) is 11.1 Å². The molecule has 0 unspecified atom stereocenters. The lowest BCUT2D eigenvalue weighted by molar-refractivity contribution is -0.0498. The Morgan fingerprint density at radius 3 is 2.52 bits per heavy atom. The van der Waals surface area contributed by atoms with Crippen LogP contribution in [0.25, 0.3) is 28.0 Å². The van der Waals surface area contributed by atoms with Crippen LogP contribution in [0.2, 0.25) is 0 Å². The van der Waals surface area contributed by atoms with E-state index in [0.29, 0.717) is 16.9 Å². The molecule has 0 fully saturated rings. The van der Waals surface area contributed by atoms with Crippen molar-refractivity contribution in [1.29, 1.82) is 0 Å². The Morgan fingerprint density at radius 1 is 1.03 bits per heavy atom. The number of alkyl halides is 2. The minimum absolute atomic E-state index is 0.00409. The van der Waals surface area contributed by atoms with Crippen molar-refractivity contribution < 1.29 is 23.0 Å². The molecule has 6 nitrogen and oxygen atoms in total. The highest BCUT2D eigenvalue weighted by Gasteiger charge is 2.19. The quantitative estimate of drug-likeness (QED) is 0.467. The molecule has 0 atom stereocenters. The number of aromatic nitrogens is 3. The van der Waals surface area contributed by atoms with E-state index in [1.165, 1.54) is 29.8 Å². The number of ether oxygens (including phenoxy) is 2. The molecule has 2 aromatic carbocycles. The number of hydrogen-bond acceptors (Lipinski definition) is 5. The highest BCUT2D eigenvalue weighted by Crippen LogP contribution is 2.29. The summed E-state index contributed by atoms with van der Waals surface area (Å²) in [6.07, 6.45) is 1.62. The van der Waals surface area contributed by atoms with E-state index in [2.05, 4.69) is 14.8 Å². The van der Waals surface area contributed by atoms with E-state index in [9.17, 15) is 13.6 Å². The maximum atomic E-state index is 12.6. The highest BCUT2D eigenvalue weighted by molar-refractivity contribution is 5.91. The largest absolute Gasteiger partial charge is 0.464 e. The second-order valence-electron chi connectivity index (χ2n) is 6.08. The van der Waals surface area contributed by atoms with Crippen LogP contribution in [-0.2, 0) is 4.74 Å². The zero-order valence-corrected chi connectivity index (χ0v) is 15.3. The second-order valence-corrected chi connectivity index (χ2v) is 6.08. The molecule has 4 rings (SSSR count). The third kappa shape index (κ3) is 3.64. The number of carbonyl (C=O) groups is 1. The zero-order chi connectivity index (χ0) is 20.4. The predicted octanol–water partition coefficient (Wildman–Crippen LogP) is 4.45. The summed E-state index contributed by atoms with van der Waals surface area (Å²) in [7, 11) is 1.27. The standard InChI is InChI=1S/C21H15F2N3O3/c1-28-20(27)18-11-17(14-8-5-9-15(10-14)29-21(22)23)25-19-16(12-24-26(18)19)13-6-3-2-4-7-13/h2-12,21H,1H3. The number of rotatable bonds is 5. The van der Waals surface area contributed by atoms with E-state index in [4.69, 9.17) is 4.74 Å². The molecule has 0 aliphatic heterocycles. The third-order valence-electron chi connectivity index (χ3n) is 4.31. The van der Waals surface area contributed by atoms with Crippen molar-refractivity contribution in [3.05, 3.63) is 72.6 Å². The summed E-state index contributed by atoms with van der Waals surface area (Å²) in [6, 6.07) is 17.1. The van der Waals surface area contributed by atoms with Gasteiger partial charge in [-0.1, -0.05) is 42.5 Å². The van der Waals surface area contributed by atoms with Gasteiger partial charge < -0.3 is 9.47 Å². The summed E-state index contributed by atoms with van der Waals surface area (Å²) in [6.45, 7) is -2.94. The summed E-state index contributed by atoms with van der Waals surface area (Å²) >= 11 is 0. The van der Waals surface area contributed by atoms with Gasteiger partial charge in [0.15, 0.2) is 11.3 Å². The molecule has 0 bridgehead atoms. The van der Waals surface area contributed by atoms with Crippen LogP contribution in [0.3, 0.4) is 0 Å². The lowest BCUT2D eigenvalue weighted by Gasteiger charge is -2.10. The number of esters is 1. The van der Waals surface area contributed by atoms with Gasteiger partial charge in [-0.15, -0.1) is 0 Å². The molecule has 0 radical (unpaired) electrons. The van der Waals surface area contributed by atoms with Crippen molar-refractivity contribution in [2.24, 2.45) is 0 Å². The van der Waals surface area contributed by atoms with Gasteiger partial charge in [-0.3, -0.25) is 0 Å². The Bertz CT molecular complexity index is 1180. The van der Waals surface area contributed by atoms with Gasteiger partial charge >= 0.3 is 12.6 Å². The normalized spacial score (nSPS) is 11.0. The first kappa shape index (κ1) is 18.5. The van der Waals surface area contributed by atoms with Crippen LogP contribution >= 0.6 is 0 Å². The Labute approximate surface area is 164 Å². The van der Waals surface area contributed by atoms with E-state index < -0.39 is 12.6 Å². The molecule has 2 heterocycles. The molecule has 0 aliphatic rings. The Kier molecular flexibility index (Phi) is 4.90. The van der Waals surface area contributed by atoms with Crippen molar-refractivity contribution >= 4 is 11.6 Å². The van der Waals surface area contributed by atoms with Gasteiger partial charge in [0.25, 0.3) is 0 Å². The average molecular weight is 395 g/mol. The number of fused-ring (bicyclic) bond motifs is 1. The zero-order valence-electron chi connectivity index (χ0n) is 15.3. The Balaban J connectivity index is 1.92. The molecule has 0 aliphatic carbocycles. The topological polar surface area (TPSA) is 65.7 Å². The van der Waals surface area contributed by atoms with E-state index in [0.717, 1.165) is 11.1 Å². The van der Waals surface area contributed by atoms with E-state index in [1.54, 1.807) is 18.3 Å². The van der Waals surface area contributed by atoms with Crippen molar-refractivity contribution in [1.82, 2.24) is 14.6 Å². The van der Waals surface area contributed by atoms with Crippen LogP contribution in [0.1, 0.15) is 10.5 Å². The van der Waals surface area contributed by atoms with Gasteiger partial charge in [-0.2, -0.15) is 13.9 Å². The van der Waals surface area contributed by atoms with E-state index in [1.807, 2.05) is 30.3 Å². The Hall–Kier alpha value is -3.81. The first-order valence-corrected chi connectivity index (χ1v) is 8.64. The van der Waals surface area contributed by atoms with Crippen molar-refractivity contribution in [2.45, 2.75) is 6.61 Å². The van der Waals surface area contributed by atoms with Crippen LogP contribution < -0.4 is 4.74 Å². The molecule has 8 heteroatoms. The minimum atomic E-state index is -2.94. The van der Waals surface area contributed by atoms with Crippen molar-refractivity contribution in [3.63, 3.8) is 0 Å².